The summed E-state index contributed by atoms with van der Waals surface area (Å²) in [4.78, 5) is 26.0. The van der Waals surface area contributed by atoms with Crippen LogP contribution in [0.3, 0.4) is 0 Å². The van der Waals surface area contributed by atoms with Crippen molar-refractivity contribution in [3.63, 3.8) is 0 Å². The number of carbonyl (C=O) groups excluding carboxylic acids is 2. The van der Waals surface area contributed by atoms with Gasteiger partial charge in [0.25, 0.3) is 0 Å². The molecule has 6 heteroatoms. The van der Waals surface area contributed by atoms with Gasteiger partial charge < -0.3 is 16.0 Å². The number of nitrogens with two attached hydrogens (primary N) is 1. The van der Waals surface area contributed by atoms with Gasteiger partial charge in [0.2, 0.25) is 11.8 Å². The number of primary amides is 1. The van der Waals surface area contributed by atoms with Crippen LogP contribution in [0.1, 0.15) is 72.1 Å². The van der Waals surface area contributed by atoms with Gasteiger partial charge in [-0.2, -0.15) is 5.26 Å². The SMILES string of the molecule is CCCCCCN1CCC(C#N)(NC(=O)CCC(C)(C)C(N)=O)CC1. The maximum atomic E-state index is 12.2. The molecule has 0 aromatic rings. The topological polar surface area (TPSA) is 99.2 Å². The van der Waals surface area contributed by atoms with Crippen molar-refractivity contribution < 1.29 is 9.59 Å². The number of rotatable bonds is 10. The maximum absolute atomic E-state index is 12.2. The fourth-order valence-corrected chi connectivity index (χ4v) is 3.06. The van der Waals surface area contributed by atoms with Crippen LogP contribution in [-0.4, -0.2) is 41.9 Å². The molecule has 25 heavy (non-hydrogen) atoms. The number of hydrogen-bond donors (Lipinski definition) is 2. The van der Waals surface area contributed by atoms with Crippen molar-refractivity contribution in [3.8, 4) is 6.07 Å². The van der Waals surface area contributed by atoms with Gasteiger partial charge in [0, 0.05) is 24.9 Å². The number of likely N-dealkylation sites (tertiary alicyclic amines) is 1. The van der Waals surface area contributed by atoms with Gasteiger partial charge in [0.1, 0.15) is 5.54 Å². The molecule has 1 rings (SSSR count). The van der Waals surface area contributed by atoms with Crippen molar-refractivity contribution in [2.75, 3.05) is 19.6 Å². The van der Waals surface area contributed by atoms with Crippen LogP contribution in [0, 0.1) is 16.7 Å². The van der Waals surface area contributed by atoms with Crippen LogP contribution in [-0.2, 0) is 9.59 Å². The zero-order valence-electron chi connectivity index (χ0n) is 16.1. The Morgan fingerprint density at radius 1 is 1.24 bits per heavy atom. The summed E-state index contributed by atoms with van der Waals surface area (Å²) >= 11 is 0. The first-order chi connectivity index (χ1) is 11.7. The monoisotopic (exact) mass is 350 g/mol. The summed E-state index contributed by atoms with van der Waals surface area (Å²) < 4.78 is 0. The van der Waals surface area contributed by atoms with Crippen LogP contribution in [0.5, 0.6) is 0 Å². The lowest BCUT2D eigenvalue weighted by Gasteiger charge is -2.38. The minimum atomic E-state index is -0.770. The smallest absolute Gasteiger partial charge is 0.223 e. The summed E-state index contributed by atoms with van der Waals surface area (Å²) in [5.74, 6) is -0.584. The van der Waals surface area contributed by atoms with Crippen LogP contribution >= 0.6 is 0 Å². The first-order valence-electron chi connectivity index (χ1n) is 9.49. The average molecular weight is 351 g/mol. The number of hydrogen-bond acceptors (Lipinski definition) is 4. The molecular weight excluding hydrogens is 316 g/mol. The minimum absolute atomic E-state index is 0.174. The van der Waals surface area contributed by atoms with E-state index in [4.69, 9.17) is 5.73 Å². The molecule has 3 N–H and O–H groups in total. The summed E-state index contributed by atoms with van der Waals surface area (Å²) in [5, 5.41) is 12.5. The molecule has 0 aromatic carbocycles. The molecule has 0 saturated carbocycles. The van der Waals surface area contributed by atoms with Gasteiger partial charge in [0.15, 0.2) is 0 Å². The van der Waals surface area contributed by atoms with Crippen LogP contribution in [0.25, 0.3) is 0 Å². The second-order valence-electron chi connectivity index (χ2n) is 7.89. The van der Waals surface area contributed by atoms with Gasteiger partial charge >= 0.3 is 0 Å². The Morgan fingerprint density at radius 3 is 2.40 bits per heavy atom. The lowest BCUT2D eigenvalue weighted by atomic mass is 9.85. The van der Waals surface area contributed by atoms with Gasteiger partial charge in [-0.1, -0.05) is 40.0 Å². The second kappa shape index (κ2) is 9.76. The molecule has 0 spiro atoms. The molecule has 0 unspecified atom stereocenters. The molecule has 142 valence electrons. The molecule has 6 nitrogen and oxygen atoms in total. The number of nitrogens with zero attached hydrogens (tertiary/aromatic N) is 2. The van der Waals surface area contributed by atoms with E-state index < -0.39 is 16.9 Å². The van der Waals surface area contributed by atoms with E-state index in [0.29, 0.717) is 19.3 Å². The Kier molecular flexibility index (Phi) is 8.37. The summed E-state index contributed by atoms with van der Waals surface area (Å²) in [6.07, 6.45) is 6.86. The van der Waals surface area contributed by atoms with E-state index in [2.05, 4.69) is 23.2 Å². The van der Waals surface area contributed by atoms with Crippen LogP contribution in [0.15, 0.2) is 0 Å². The van der Waals surface area contributed by atoms with E-state index in [1.54, 1.807) is 13.8 Å². The number of amides is 2. The van der Waals surface area contributed by atoms with Crippen LogP contribution < -0.4 is 11.1 Å². The average Bonchev–Trinajstić information content (AvgIpc) is 2.58. The van der Waals surface area contributed by atoms with Crippen molar-refractivity contribution in [2.24, 2.45) is 11.1 Å². The zero-order chi connectivity index (χ0) is 18.9. The Hall–Kier alpha value is -1.61. The van der Waals surface area contributed by atoms with Crippen molar-refractivity contribution >= 4 is 11.8 Å². The number of carbonyl (C=O) groups is 2. The summed E-state index contributed by atoms with van der Waals surface area (Å²) in [6.45, 7) is 8.43. The van der Waals surface area contributed by atoms with E-state index in [1.807, 2.05) is 0 Å². The third-order valence-corrected chi connectivity index (χ3v) is 5.27. The summed E-state index contributed by atoms with van der Waals surface area (Å²) in [6, 6.07) is 2.31. The zero-order valence-corrected chi connectivity index (χ0v) is 16.1. The Labute approximate surface area is 152 Å². The lowest BCUT2D eigenvalue weighted by Crippen LogP contribution is -2.54. The predicted octanol–water partition coefficient (Wildman–Crippen LogP) is 2.33. The molecule has 1 aliphatic heterocycles. The standard InChI is InChI=1S/C19H34N4O2/c1-4-5-6-7-12-23-13-10-19(15-20,11-14-23)22-16(24)8-9-18(2,3)17(21)25/h4-14H2,1-3H3,(H2,21,25)(H,22,24). The maximum Gasteiger partial charge on any atom is 0.223 e. The van der Waals surface area contributed by atoms with Gasteiger partial charge in [-0.25, -0.2) is 0 Å². The molecule has 1 heterocycles. The highest BCUT2D eigenvalue weighted by Crippen LogP contribution is 2.24. The molecule has 1 saturated heterocycles. The fraction of sp³-hybridized carbons (Fsp3) is 0.842. The van der Waals surface area contributed by atoms with Crippen molar-refractivity contribution in [1.82, 2.24) is 10.2 Å². The highest BCUT2D eigenvalue weighted by molar-refractivity contribution is 5.82. The highest BCUT2D eigenvalue weighted by Gasteiger charge is 2.36. The molecule has 0 aromatic heterocycles. The first-order valence-corrected chi connectivity index (χ1v) is 9.49. The molecule has 1 aliphatic rings. The van der Waals surface area contributed by atoms with Gasteiger partial charge in [0.05, 0.1) is 6.07 Å². The van der Waals surface area contributed by atoms with Crippen molar-refractivity contribution in [3.05, 3.63) is 0 Å². The van der Waals surface area contributed by atoms with E-state index in [9.17, 15) is 14.9 Å². The number of nitriles is 1. The third kappa shape index (κ3) is 7.03. The number of piperidine rings is 1. The summed E-state index contributed by atoms with van der Waals surface area (Å²) in [7, 11) is 0. The highest BCUT2D eigenvalue weighted by atomic mass is 16.2. The van der Waals surface area contributed by atoms with E-state index >= 15 is 0 Å². The molecule has 0 bridgehead atoms. The van der Waals surface area contributed by atoms with E-state index in [0.717, 1.165) is 19.6 Å². The number of unbranched alkanes of at least 4 members (excludes halogenated alkanes) is 3. The second-order valence-corrected chi connectivity index (χ2v) is 7.89. The molecular formula is C19H34N4O2. The normalized spacial score (nSPS) is 17.7. The number of nitrogens with one attached hydrogen (secondary N) is 1. The van der Waals surface area contributed by atoms with Crippen molar-refractivity contribution in [1.29, 1.82) is 5.26 Å². The lowest BCUT2D eigenvalue weighted by molar-refractivity contribution is -0.127. The Balaban J connectivity index is 2.42. The molecule has 1 fully saturated rings. The quantitative estimate of drug-likeness (QED) is 0.591. The van der Waals surface area contributed by atoms with Gasteiger partial charge in [-0.15, -0.1) is 0 Å². The first kappa shape index (κ1) is 21.4. The van der Waals surface area contributed by atoms with E-state index in [1.165, 1.54) is 25.7 Å². The summed E-state index contributed by atoms with van der Waals surface area (Å²) in [5.41, 5.74) is 3.86. The Morgan fingerprint density at radius 2 is 1.88 bits per heavy atom. The predicted molar refractivity (Wildman–Crippen MR) is 98.5 cm³/mol. The molecule has 0 atom stereocenters. The molecule has 0 aliphatic carbocycles. The van der Waals surface area contributed by atoms with Gasteiger partial charge in [-0.3, -0.25) is 9.59 Å². The largest absolute Gasteiger partial charge is 0.369 e. The minimum Gasteiger partial charge on any atom is -0.369 e. The Bertz CT molecular complexity index is 488. The van der Waals surface area contributed by atoms with Crippen LogP contribution in [0.2, 0.25) is 0 Å². The molecule has 2 amide bonds. The van der Waals surface area contributed by atoms with E-state index in [-0.39, 0.29) is 12.3 Å². The third-order valence-electron chi connectivity index (χ3n) is 5.27. The fourth-order valence-electron chi connectivity index (χ4n) is 3.06. The van der Waals surface area contributed by atoms with Crippen molar-refractivity contribution in [2.45, 2.75) is 77.7 Å². The molecule has 0 radical (unpaired) electrons. The van der Waals surface area contributed by atoms with Crippen LogP contribution in [0.4, 0.5) is 0 Å². The van der Waals surface area contributed by atoms with Gasteiger partial charge in [-0.05, 0) is 32.2 Å².